The Kier molecular flexibility index (Phi) is 7.05. The van der Waals surface area contributed by atoms with Crippen LogP contribution in [0, 0.1) is 5.41 Å². The van der Waals surface area contributed by atoms with Gasteiger partial charge in [-0.1, -0.05) is 87.5 Å². The maximum absolute atomic E-state index is 13.5. The van der Waals surface area contributed by atoms with E-state index in [4.69, 9.17) is 0 Å². The first-order valence-corrected chi connectivity index (χ1v) is 11.5. The zero-order valence-electron chi connectivity index (χ0n) is 20.3. The Morgan fingerprint density at radius 1 is 0.833 bits per heavy atom. The van der Waals surface area contributed by atoms with Gasteiger partial charge in [0.15, 0.2) is 6.04 Å². The maximum atomic E-state index is 13.5. The zero-order chi connectivity index (χ0) is 25.7. The molecule has 8 heteroatoms. The largest absolute Gasteiger partial charge is 0.335 e. The molecule has 0 spiro atoms. The highest BCUT2D eigenvalue weighted by atomic mass is 16.2. The molecule has 36 heavy (non-hydrogen) atoms. The van der Waals surface area contributed by atoms with Gasteiger partial charge in [-0.2, -0.15) is 10.2 Å². The van der Waals surface area contributed by atoms with Gasteiger partial charge in [-0.25, -0.2) is 10.5 Å². The molecule has 0 fully saturated rings. The second-order valence-corrected chi connectivity index (χ2v) is 9.31. The van der Waals surface area contributed by atoms with Crippen molar-refractivity contribution in [1.29, 1.82) is 0 Å². The summed E-state index contributed by atoms with van der Waals surface area (Å²) in [5, 5.41) is 14.6. The summed E-state index contributed by atoms with van der Waals surface area (Å²) in [5.41, 5.74) is 3.98. The number of carbonyl (C=O) groups excluding carboxylic acids is 2. The molecule has 1 heterocycles. The van der Waals surface area contributed by atoms with Gasteiger partial charge in [-0.05, 0) is 23.8 Å². The average molecular weight is 482 g/mol. The SMILES string of the molecule is CC(C)(C)C(=NNC(=O)C(NC(=O)c1ccccc1)c1n[nH]c(=O)c2ccccc12)c1ccccc1. The molecule has 2 amide bonds. The van der Waals surface area contributed by atoms with Crippen molar-refractivity contribution in [3.63, 3.8) is 0 Å². The van der Waals surface area contributed by atoms with Crippen molar-refractivity contribution < 1.29 is 9.59 Å². The molecule has 1 aromatic heterocycles. The summed E-state index contributed by atoms with van der Waals surface area (Å²) < 4.78 is 0. The number of benzene rings is 3. The van der Waals surface area contributed by atoms with Crippen LogP contribution in [0.5, 0.6) is 0 Å². The van der Waals surface area contributed by atoms with Gasteiger partial charge >= 0.3 is 0 Å². The van der Waals surface area contributed by atoms with Gasteiger partial charge in [0.1, 0.15) is 5.69 Å². The Morgan fingerprint density at radius 2 is 1.39 bits per heavy atom. The Hall–Kier alpha value is -4.59. The molecule has 0 saturated heterocycles. The number of H-pyrrole nitrogens is 1. The fourth-order valence-electron chi connectivity index (χ4n) is 3.85. The number of carbonyl (C=O) groups is 2. The molecule has 0 bridgehead atoms. The number of hydrogen-bond acceptors (Lipinski definition) is 5. The van der Waals surface area contributed by atoms with Crippen LogP contribution in [-0.2, 0) is 4.79 Å². The van der Waals surface area contributed by atoms with Gasteiger partial charge in [0.25, 0.3) is 17.4 Å². The van der Waals surface area contributed by atoms with Crippen molar-refractivity contribution in [3.05, 3.63) is 112 Å². The highest BCUT2D eigenvalue weighted by molar-refractivity contribution is 6.05. The van der Waals surface area contributed by atoms with E-state index in [1.165, 1.54) is 0 Å². The van der Waals surface area contributed by atoms with Crippen molar-refractivity contribution in [2.75, 3.05) is 0 Å². The first kappa shape index (κ1) is 24.5. The van der Waals surface area contributed by atoms with E-state index in [0.717, 1.165) is 5.56 Å². The minimum Gasteiger partial charge on any atom is -0.335 e. The third-order valence-electron chi connectivity index (χ3n) is 5.61. The fraction of sp³-hybridized carbons (Fsp3) is 0.179. The van der Waals surface area contributed by atoms with Crippen LogP contribution < -0.4 is 16.3 Å². The van der Waals surface area contributed by atoms with Crippen molar-refractivity contribution in [1.82, 2.24) is 20.9 Å². The van der Waals surface area contributed by atoms with E-state index in [1.54, 1.807) is 54.6 Å². The van der Waals surface area contributed by atoms with E-state index >= 15 is 0 Å². The van der Waals surface area contributed by atoms with Crippen LogP contribution >= 0.6 is 0 Å². The van der Waals surface area contributed by atoms with Crippen LogP contribution in [0.4, 0.5) is 0 Å². The molecular weight excluding hydrogens is 454 g/mol. The standard InChI is InChI=1S/C28H27N5O3/c1-28(2,3)24(18-12-6-4-7-13-18)31-33-27(36)23(29-25(34)19-14-8-5-9-15-19)22-20-16-10-11-17-21(20)26(35)32-30-22/h4-17,23H,1-3H3,(H,29,34)(H,32,35)(H,33,36). The van der Waals surface area contributed by atoms with Gasteiger partial charge in [0.05, 0.1) is 11.1 Å². The van der Waals surface area contributed by atoms with E-state index in [9.17, 15) is 14.4 Å². The first-order chi connectivity index (χ1) is 17.3. The lowest BCUT2D eigenvalue weighted by molar-refractivity contribution is -0.123. The summed E-state index contributed by atoms with van der Waals surface area (Å²) in [7, 11) is 0. The van der Waals surface area contributed by atoms with Crippen LogP contribution in [0.3, 0.4) is 0 Å². The summed E-state index contributed by atoms with van der Waals surface area (Å²) in [5.74, 6) is -1.06. The Balaban J connectivity index is 1.75. The molecule has 0 aliphatic heterocycles. The van der Waals surface area contributed by atoms with Crippen LogP contribution in [-0.4, -0.2) is 27.7 Å². The van der Waals surface area contributed by atoms with Crippen molar-refractivity contribution in [2.24, 2.45) is 10.5 Å². The molecule has 0 aliphatic rings. The Morgan fingerprint density at radius 3 is 2.00 bits per heavy atom. The molecule has 3 aromatic carbocycles. The second-order valence-electron chi connectivity index (χ2n) is 9.31. The third kappa shape index (κ3) is 5.38. The summed E-state index contributed by atoms with van der Waals surface area (Å²) in [6.07, 6.45) is 0. The van der Waals surface area contributed by atoms with E-state index in [0.29, 0.717) is 22.0 Å². The Labute approximate surface area is 208 Å². The number of fused-ring (bicyclic) bond motifs is 1. The normalized spacial score (nSPS) is 12.7. The molecule has 1 atom stereocenters. The van der Waals surface area contributed by atoms with Gasteiger partial charge in [0, 0.05) is 16.4 Å². The molecule has 182 valence electrons. The van der Waals surface area contributed by atoms with E-state index in [-0.39, 0.29) is 16.7 Å². The molecule has 0 aliphatic carbocycles. The molecule has 1 unspecified atom stereocenters. The van der Waals surface area contributed by atoms with Crippen molar-refractivity contribution >= 4 is 28.3 Å². The van der Waals surface area contributed by atoms with E-state index < -0.39 is 17.9 Å². The maximum Gasteiger partial charge on any atom is 0.272 e. The molecule has 4 aromatic rings. The number of amides is 2. The minimum atomic E-state index is -1.22. The molecule has 4 rings (SSSR count). The van der Waals surface area contributed by atoms with E-state index in [2.05, 4.69) is 26.0 Å². The average Bonchev–Trinajstić information content (AvgIpc) is 2.88. The van der Waals surface area contributed by atoms with Crippen LogP contribution in [0.25, 0.3) is 10.8 Å². The monoisotopic (exact) mass is 481 g/mol. The zero-order valence-corrected chi connectivity index (χ0v) is 20.3. The Bertz CT molecular complexity index is 1470. The molecule has 0 saturated carbocycles. The van der Waals surface area contributed by atoms with Gasteiger partial charge < -0.3 is 5.32 Å². The summed E-state index contributed by atoms with van der Waals surface area (Å²) in [4.78, 5) is 38.9. The lowest BCUT2D eigenvalue weighted by Crippen LogP contribution is -2.40. The predicted molar refractivity (Wildman–Crippen MR) is 140 cm³/mol. The second kappa shape index (κ2) is 10.4. The molecular formula is C28H27N5O3. The smallest absolute Gasteiger partial charge is 0.272 e. The lowest BCUT2D eigenvalue weighted by Gasteiger charge is -2.23. The van der Waals surface area contributed by atoms with E-state index in [1.807, 2.05) is 51.1 Å². The summed E-state index contributed by atoms with van der Waals surface area (Å²) in [6.45, 7) is 5.99. The highest BCUT2D eigenvalue weighted by Crippen LogP contribution is 2.23. The van der Waals surface area contributed by atoms with Crippen molar-refractivity contribution in [3.8, 4) is 0 Å². The first-order valence-electron chi connectivity index (χ1n) is 11.5. The number of hydrazone groups is 1. The number of nitrogens with zero attached hydrogens (tertiary/aromatic N) is 2. The predicted octanol–water partition coefficient (Wildman–Crippen LogP) is 3.96. The number of nitrogens with one attached hydrogen (secondary N) is 3. The number of rotatable bonds is 6. The van der Waals surface area contributed by atoms with Crippen LogP contribution in [0.1, 0.15) is 48.4 Å². The van der Waals surface area contributed by atoms with Crippen LogP contribution in [0.2, 0.25) is 0 Å². The summed E-state index contributed by atoms with van der Waals surface area (Å²) >= 11 is 0. The van der Waals surface area contributed by atoms with Crippen molar-refractivity contribution in [2.45, 2.75) is 26.8 Å². The lowest BCUT2D eigenvalue weighted by atomic mass is 9.86. The topological polar surface area (TPSA) is 116 Å². The molecule has 3 N–H and O–H groups in total. The van der Waals surface area contributed by atoms with Crippen LogP contribution in [0.15, 0.2) is 94.8 Å². The number of hydrogen-bond donors (Lipinski definition) is 3. The summed E-state index contributed by atoms with van der Waals surface area (Å²) in [6, 6.07) is 23.7. The van der Waals surface area contributed by atoms with Gasteiger partial charge in [-0.3, -0.25) is 14.4 Å². The number of aromatic nitrogens is 2. The van der Waals surface area contributed by atoms with Gasteiger partial charge in [0.2, 0.25) is 0 Å². The fourth-order valence-corrected chi connectivity index (χ4v) is 3.85. The molecule has 0 radical (unpaired) electrons. The minimum absolute atomic E-state index is 0.208. The highest BCUT2D eigenvalue weighted by Gasteiger charge is 2.28. The number of aromatic amines is 1. The quantitative estimate of drug-likeness (QED) is 0.285. The van der Waals surface area contributed by atoms with Gasteiger partial charge in [-0.15, -0.1) is 0 Å². The molecule has 8 nitrogen and oxygen atoms in total. The third-order valence-corrected chi connectivity index (χ3v) is 5.61.